The first-order chi connectivity index (χ1) is 7.11. The maximum absolute atomic E-state index is 11.8. The molecule has 1 fully saturated rings. The van der Waals surface area contributed by atoms with Gasteiger partial charge in [0.05, 0.1) is 0 Å². The lowest BCUT2D eigenvalue weighted by molar-refractivity contribution is -0.135. The first-order valence-electron chi connectivity index (χ1n) is 6.17. The molecule has 0 spiro atoms. The SMILES string of the molecule is CCC(=O)C(OC)C1C(C)CCCC1C. The first-order valence-corrected chi connectivity index (χ1v) is 6.17. The number of Topliss-reactive ketones (excluding diaryl/α,β-unsaturated/α-hetero) is 1. The van der Waals surface area contributed by atoms with Gasteiger partial charge in [0.25, 0.3) is 0 Å². The number of methoxy groups -OCH3 is 1. The van der Waals surface area contributed by atoms with Crippen LogP contribution >= 0.6 is 0 Å². The standard InChI is InChI=1S/C13H24O2/c1-5-11(14)13(15-4)12-9(2)7-6-8-10(12)3/h9-10,12-13H,5-8H2,1-4H3. The highest BCUT2D eigenvalue weighted by Gasteiger charge is 2.37. The van der Waals surface area contributed by atoms with Gasteiger partial charge >= 0.3 is 0 Å². The molecule has 0 amide bonds. The molecule has 0 aromatic carbocycles. The topological polar surface area (TPSA) is 26.3 Å². The van der Waals surface area contributed by atoms with Gasteiger partial charge in [0, 0.05) is 13.5 Å². The van der Waals surface area contributed by atoms with E-state index in [1.165, 1.54) is 19.3 Å². The molecule has 3 unspecified atom stereocenters. The normalized spacial score (nSPS) is 33.7. The highest BCUT2D eigenvalue weighted by molar-refractivity contribution is 5.83. The molecule has 1 rings (SSSR count). The summed E-state index contributed by atoms with van der Waals surface area (Å²) in [5.74, 6) is 1.93. The molecule has 0 bridgehead atoms. The van der Waals surface area contributed by atoms with E-state index in [1.807, 2.05) is 6.92 Å². The summed E-state index contributed by atoms with van der Waals surface area (Å²) in [5, 5.41) is 0. The molecule has 15 heavy (non-hydrogen) atoms. The van der Waals surface area contributed by atoms with E-state index in [9.17, 15) is 4.79 Å². The summed E-state index contributed by atoms with van der Waals surface area (Å²) >= 11 is 0. The van der Waals surface area contributed by atoms with Gasteiger partial charge in [-0.3, -0.25) is 4.79 Å². The fraction of sp³-hybridized carbons (Fsp3) is 0.923. The molecular formula is C13H24O2. The molecule has 0 N–H and O–H groups in total. The molecule has 0 radical (unpaired) electrons. The van der Waals surface area contributed by atoms with E-state index in [0.29, 0.717) is 24.2 Å². The predicted octanol–water partition coefficient (Wildman–Crippen LogP) is 3.05. The van der Waals surface area contributed by atoms with Crippen molar-refractivity contribution in [2.45, 2.75) is 52.6 Å². The highest BCUT2D eigenvalue weighted by Crippen LogP contribution is 2.37. The molecule has 3 atom stereocenters. The second-order valence-electron chi connectivity index (χ2n) is 4.94. The molecule has 1 saturated carbocycles. The van der Waals surface area contributed by atoms with Crippen LogP contribution in [0.2, 0.25) is 0 Å². The van der Waals surface area contributed by atoms with Gasteiger partial charge in [0.1, 0.15) is 6.10 Å². The van der Waals surface area contributed by atoms with Crippen LogP contribution in [0.1, 0.15) is 46.5 Å². The molecule has 2 heteroatoms. The Morgan fingerprint density at radius 1 is 1.33 bits per heavy atom. The summed E-state index contributed by atoms with van der Waals surface area (Å²) in [5.41, 5.74) is 0. The van der Waals surface area contributed by atoms with Crippen LogP contribution in [0.3, 0.4) is 0 Å². The number of ether oxygens (including phenoxy) is 1. The number of carbonyl (C=O) groups is 1. The van der Waals surface area contributed by atoms with E-state index in [1.54, 1.807) is 7.11 Å². The van der Waals surface area contributed by atoms with Crippen LogP contribution in [0, 0.1) is 17.8 Å². The summed E-state index contributed by atoms with van der Waals surface area (Å²) in [6.07, 6.45) is 4.21. The molecule has 0 aromatic rings. The Bertz CT molecular complexity index is 203. The molecule has 0 saturated heterocycles. The summed E-state index contributed by atoms with van der Waals surface area (Å²) in [4.78, 5) is 11.8. The Hall–Kier alpha value is -0.370. The van der Waals surface area contributed by atoms with Gasteiger partial charge in [-0.15, -0.1) is 0 Å². The Balaban J connectivity index is 2.75. The van der Waals surface area contributed by atoms with E-state index in [4.69, 9.17) is 4.74 Å². The van der Waals surface area contributed by atoms with Crippen LogP contribution in [-0.4, -0.2) is 19.0 Å². The lowest BCUT2D eigenvalue weighted by Crippen LogP contribution is -2.40. The number of ketones is 1. The van der Waals surface area contributed by atoms with E-state index in [2.05, 4.69) is 13.8 Å². The van der Waals surface area contributed by atoms with E-state index in [-0.39, 0.29) is 11.9 Å². The van der Waals surface area contributed by atoms with Gasteiger partial charge < -0.3 is 4.74 Å². The second-order valence-corrected chi connectivity index (χ2v) is 4.94. The summed E-state index contributed by atoms with van der Waals surface area (Å²) in [7, 11) is 1.67. The molecule has 0 aliphatic heterocycles. The van der Waals surface area contributed by atoms with Crippen molar-refractivity contribution in [3.8, 4) is 0 Å². The third kappa shape index (κ3) is 2.81. The quantitative estimate of drug-likeness (QED) is 0.716. The summed E-state index contributed by atoms with van der Waals surface area (Å²) in [6, 6.07) is 0. The van der Waals surface area contributed by atoms with Gasteiger partial charge in [-0.05, 0) is 17.8 Å². The minimum atomic E-state index is -0.166. The Morgan fingerprint density at radius 2 is 1.87 bits per heavy atom. The Morgan fingerprint density at radius 3 is 2.27 bits per heavy atom. The van der Waals surface area contributed by atoms with E-state index >= 15 is 0 Å². The predicted molar refractivity (Wildman–Crippen MR) is 61.8 cm³/mol. The van der Waals surface area contributed by atoms with Gasteiger partial charge in [0.15, 0.2) is 5.78 Å². The van der Waals surface area contributed by atoms with Crippen LogP contribution in [0.15, 0.2) is 0 Å². The summed E-state index contributed by atoms with van der Waals surface area (Å²) in [6.45, 7) is 6.44. The minimum absolute atomic E-state index is 0.166. The average molecular weight is 212 g/mol. The number of rotatable bonds is 4. The molecule has 2 nitrogen and oxygen atoms in total. The molecule has 1 aliphatic rings. The highest BCUT2D eigenvalue weighted by atomic mass is 16.5. The fourth-order valence-corrected chi connectivity index (χ4v) is 3.01. The zero-order valence-corrected chi connectivity index (χ0v) is 10.5. The van der Waals surface area contributed by atoms with Crippen molar-refractivity contribution in [3.63, 3.8) is 0 Å². The number of hydrogen-bond donors (Lipinski definition) is 0. The van der Waals surface area contributed by atoms with E-state index in [0.717, 1.165) is 0 Å². The van der Waals surface area contributed by atoms with Crippen molar-refractivity contribution in [2.24, 2.45) is 17.8 Å². The van der Waals surface area contributed by atoms with Crippen molar-refractivity contribution >= 4 is 5.78 Å². The lowest BCUT2D eigenvalue weighted by atomic mass is 9.70. The Labute approximate surface area is 93.4 Å². The fourth-order valence-electron chi connectivity index (χ4n) is 3.01. The largest absolute Gasteiger partial charge is 0.373 e. The zero-order chi connectivity index (χ0) is 11.4. The van der Waals surface area contributed by atoms with Crippen molar-refractivity contribution in [1.29, 1.82) is 0 Å². The molecule has 0 aromatic heterocycles. The van der Waals surface area contributed by atoms with Crippen LogP contribution in [-0.2, 0) is 9.53 Å². The maximum Gasteiger partial charge on any atom is 0.161 e. The third-order valence-electron chi connectivity index (χ3n) is 3.90. The molecule has 88 valence electrons. The average Bonchev–Trinajstić information content (AvgIpc) is 2.22. The van der Waals surface area contributed by atoms with Crippen LogP contribution in [0.25, 0.3) is 0 Å². The number of carbonyl (C=O) groups excluding carboxylic acids is 1. The molecule has 0 heterocycles. The van der Waals surface area contributed by atoms with Crippen molar-refractivity contribution < 1.29 is 9.53 Å². The smallest absolute Gasteiger partial charge is 0.161 e. The van der Waals surface area contributed by atoms with Crippen LogP contribution in [0.4, 0.5) is 0 Å². The van der Waals surface area contributed by atoms with Crippen LogP contribution in [0.5, 0.6) is 0 Å². The maximum atomic E-state index is 11.8. The van der Waals surface area contributed by atoms with Gasteiger partial charge in [-0.2, -0.15) is 0 Å². The Kier molecular flexibility index (Phi) is 4.78. The van der Waals surface area contributed by atoms with Gasteiger partial charge in [-0.25, -0.2) is 0 Å². The second kappa shape index (κ2) is 5.64. The van der Waals surface area contributed by atoms with Crippen molar-refractivity contribution in [1.82, 2.24) is 0 Å². The van der Waals surface area contributed by atoms with Crippen molar-refractivity contribution in [3.05, 3.63) is 0 Å². The third-order valence-corrected chi connectivity index (χ3v) is 3.90. The monoisotopic (exact) mass is 212 g/mol. The first kappa shape index (κ1) is 12.7. The van der Waals surface area contributed by atoms with Crippen LogP contribution < -0.4 is 0 Å². The van der Waals surface area contributed by atoms with Gasteiger partial charge in [0.2, 0.25) is 0 Å². The van der Waals surface area contributed by atoms with E-state index < -0.39 is 0 Å². The lowest BCUT2D eigenvalue weighted by Gasteiger charge is -2.38. The summed E-state index contributed by atoms with van der Waals surface area (Å²) < 4.78 is 5.43. The molecular weight excluding hydrogens is 188 g/mol. The van der Waals surface area contributed by atoms with Gasteiger partial charge in [-0.1, -0.05) is 40.0 Å². The molecule has 1 aliphatic carbocycles. The zero-order valence-electron chi connectivity index (χ0n) is 10.5. The van der Waals surface area contributed by atoms with Crippen molar-refractivity contribution in [2.75, 3.05) is 7.11 Å². The minimum Gasteiger partial charge on any atom is -0.373 e. The number of hydrogen-bond acceptors (Lipinski definition) is 2.